The Morgan fingerprint density at radius 2 is 1.97 bits per heavy atom. The smallest absolute Gasteiger partial charge is 0.227 e. The number of likely N-dealkylation sites (tertiary alicyclic amines) is 1. The summed E-state index contributed by atoms with van der Waals surface area (Å²) in [6, 6.07) is 11.7. The molecule has 4 rings (SSSR count). The third-order valence-electron chi connectivity index (χ3n) is 5.34. The molecule has 0 N–H and O–H groups in total. The highest BCUT2D eigenvalue weighted by atomic mass is 16.5. The fraction of sp³-hybridized carbons (Fsp3) is 0.304. The third-order valence-corrected chi connectivity index (χ3v) is 5.34. The summed E-state index contributed by atoms with van der Waals surface area (Å²) in [6.07, 6.45) is 9.25. The van der Waals surface area contributed by atoms with Crippen molar-refractivity contribution in [2.75, 3.05) is 20.2 Å². The Balaban J connectivity index is 1.55. The van der Waals surface area contributed by atoms with Gasteiger partial charge in [0.2, 0.25) is 5.91 Å². The highest BCUT2D eigenvalue weighted by Crippen LogP contribution is 2.33. The van der Waals surface area contributed by atoms with Crippen LogP contribution in [0.1, 0.15) is 30.0 Å². The molecule has 0 aliphatic carbocycles. The molecular weight excluding hydrogens is 364 g/mol. The van der Waals surface area contributed by atoms with Gasteiger partial charge in [0.1, 0.15) is 5.75 Å². The van der Waals surface area contributed by atoms with E-state index in [1.807, 2.05) is 41.3 Å². The summed E-state index contributed by atoms with van der Waals surface area (Å²) in [7, 11) is 1.66. The molecule has 0 saturated carbocycles. The lowest BCUT2D eigenvalue weighted by molar-refractivity contribution is -0.131. The molecule has 0 spiro atoms. The van der Waals surface area contributed by atoms with Gasteiger partial charge >= 0.3 is 0 Å². The average Bonchev–Trinajstić information content (AvgIpc) is 2.80. The van der Waals surface area contributed by atoms with Gasteiger partial charge in [0.25, 0.3) is 0 Å². The monoisotopic (exact) mass is 388 g/mol. The minimum Gasteiger partial charge on any atom is -0.497 e. The number of benzene rings is 1. The van der Waals surface area contributed by atoms with Crippen molar-refractivity contribution in [1.29, 1.82) is 0 Å². The minimum absolute atomic E-state index is 0.146. The predicted molar refractivity (Wildman–Crippen MR) is 111 cm³/mol. The molecule has 0 bridgehead atoms. The van der Waals surface area contributed by atoms with E-state index in [1.54, 1.807) is 31.9 Å². The Morgan fingerprint density at radius 1 is 1.14 bits per heavy atom. The van der Waals surface area contributed by atoms with Gasteiger partial charge in [-0.3, -0.25) is 19.7 Å². The van der Waals surface area contributed by atoms with Crippen molar-refractivity contribution in [2.24, 2.45) is 0 Å². The lowest BCUT2D eigenvalue weighted by Gasteiger charge is -2.33. The summed E-state index contributed by atoms with van der Waals surface area (Å²) in [5.74, 6) is 1.10. The Labute approximate surface area is 170 Å². The molecule has 148 valence electrons. The first-order chi connectivity index (χ1) is 14.2. The van der Waals surface area contributed by atoms with Crippen molar-refractivity contribution < 1.29 is 9.53 Å². The largest absolute Gasteiger partial charge is 0.497 e. The quantitative estimate of drug-likeness (QED) is 0.669. The van der Waals surface area contributed by atoms with E-state index in [0.717, 1.165) is 47.7 Å². The molecule has 6 heteroatoms. The molecule has 3 heterocycles. The lowest BCUT2D eigenvalue weighted by atomic mass is 9.91. The standard InChI is InChI=1S/C23H24N4O2/c1-29-20-6-2-4-18(15-20)22-23(26-12-11-25-22)19-5-3-13-27(16-19)21(28)14-17-7-9-24-10-8-17/h2,4,6-12,15,19H,3,5,13-14,16H2,1H3/t19-/m1/s1. The van der Waals surface area contributed by atoms with Gasteiger partial charge in [-0.15, -0.1) is 0 Å². The van der Waals surface area contributed by atoms with E-state index in [1.165, 1.54) is 0 Å². The van der Waals surface area contributed by atoms with Crippen LogP contribution in [0.4, 0.5) is 0 Å². The van der Waals surface area contributed by atoms with Gasteiger partial charge in [-0.2, -0.15) is 0 Å². The molecule has 1 aromatic carbocycles. The van der Waals surface area contributed by atoms with Crippen LogP contribution in [-0.2, 0) is 11.2 Å². The van der Waals surface area contributed by atoms with Crippen molar-refractivity contribution >= 4 is 5.91 Å². The molecule has 1 fully saturated rings. The molecule has 1 amide bonds. The van der Waals surface area contributed by atoms with E-state index in [9.17, 15) is 4.79 Å². The predicted octanol–water partition coefficient (Wildman–Crippen LogP) is 3.50. The van der Waals surface area contributed by atoms with E-state index in [0.29, 0.717) is 13.0 Å². The Morgan fingerprint density at radius 3 is 2.79 bits per heavy atom. The Kier molecular flexibility index (Phi) is 5.79. The number of hydrogen-bond donors (Lipinski definition) is 0. The van der Waals surface area contributed by atoms with Gasteiger partial charge in [-0.05, 0) is 42.7 Å². The first-order valence-corrected chi connectivity index (χ1v) is 9.86. The van der Waals surface area contributed by atoms with E-state index < -0.39 is 0 Å². The maximum absolute atomic E-state index is 12.8. The van der Waals surface area contributed by atoms with Crippen molar-refractivity contribution in [2.45, 2.75) is 25.2 Å². The van der Waals surface area contributed by atoms with Crippen LogP contribution in [0.3, 0.4) is 0 Å². The maximum Gasteiger partial charge on any atom is 0.227 e. The average molecular weight is 388 g/mol. The Bertz CT molecular complexity index is 977. The van der Waals surface area contributed by atoms with Crippen LogP contribution in [0.2, 0.25) is 0 Å². The second-order valence-corrected chi connectivity index (χ2v) is 7.23. The number of rotatable bonds is 5. The van der Waals surface area contributed by atoms with Gasteiger partial charge in [0, 0.05) is 49.4 Å². The first kappa shape index (κ1) is 19.1. The van der Waals surface area contributed by atoms with E-state index >= 15 is 0 Å². The highest BCUT2D eigenvalue weighted by molar-refractivity contribution is 5.79. The molecule has 2 aromatic heterocycles. The SMILES string of the molecule is COc1cccc(-c2nccnc2[C@@H]2CCCN(C(=O)Cc3ccncc3)C2)c1. The first-order valence-electron chi connectivity index (χ1n) is 9.86. The zero-order chi connectivity index (χ0) is 20.1. The summed E-state index contributed by atoms with van der Waals surface area (Å²) in [5, 5.41) is 0. The maximum atomic E-state index is 12.8. The molecule has 1 atom stereocenters. The number of pyridine rings is 1. The number of carbonyl (C=O) groups is 1. The number of ether oxygens (including phenoxy) is 1. The van der Waals surface area contributed by atoms with Gasteiger partial charge in [-0.25, -0.2) is 0 Å². The fourth-order valence-electron chi connectivity index (χ4n) is 3.85. The number of nitrogens with zero attached hydrogens (tertiary/aromatic N) is 4. The molecule has 0 unspecified atom stereocenters. The van der Waals surface area contributed by atoms with Crippen molar-refractivity contribution in [3.8, 4) is 17.0 Å². The van der Waals surface area contributed by atoms with Crippen LogP contribution in [0.25, 0.3) is 11.3 Å². The number of hydrogen-bond acceptors (Lipinski definition) is 5. The zero-order valence-electron chi connectivity index (χ0n) is 16.5. The Hall–Kier alpha value is -3.28. The summed E-state index contributed by atoms with van der Waals surface area (Å²) in [5.41, 5.74) is 3.78. The van der Waals surface area contributed by atoms with E-state index in [-0.39, 0.29) is 11.8 Å². The topological polar surface area (TPSA) is 68.2 Å². The molecular formula is C23H24N4O2. The summed E-state index contributed by atoms with van der Waals surface area (Å²) >= 11 is 0. The number of aromatic nitrogens is 3. The molecule has 1 aliphatic rings. The van der Waals surface area contributed by atoms with Crippen molar-refractivity contribution in [1.82, 2.24) is 19.9 Å². The third kappa shape index (κ3) is 4.42. The molecule has 6 nitrogen and oxygen atoms in total. The van der Waals surface area contributed by atoms with Crippen molar-refractivity contribution in [3.05, 3.63) is 72.4 Å². The number of methoxy groups -OCH3 is 1. The minimum atomic E-state index is 0.146. The number of carbonyl (C=O) groups excluding carboxylic acids is 1. The van der Waals surface area contributed by atoms with Crippen LogP contribution in [0, 0.1) is 0 Å². The molecule has 3 aromatic rings. The van der Waals surface area contributed by atoms with Gasteiger partial charge < -0.3 is 9.64 Å². The van der Waals surface area contributed by atoms with Crippen LogP contribution < -0.4 is 4.74 Å². The van der Waals surface area contributed by atoms with Gasteiger partial charge in [0.05, 0.1) is 24.9 Å². The lowest BCUT2D eigenvalue weighted by Crippen LogP contribution is -2.40. The number of amides is 1. The van der Waals surface area contributed by atoms with Crippen LogP contribution in [0.5, 0.6) is 5.75 Å². The van der Waals surface area contributed by atoms with Crippen molar-refractivity contribution in [3.63, 3.8) is 0 Å². The summed E-state index contributed by atoms with van der Waals surface area (Å²) in [6.45, 7) is 1.45. The highest BCUT2D eigenvalue weighted by Gasteiger charge is 2.28. The van der Waals surface area contributed by atoms with Gasteiger partial charge in [0.15, 0.2) is 0 Å². The van der Waals surface area contributed by atoms with Gasteiger partial charge in [-0.1, -0.05) is 12.1 Å². The molecule has 0 radical (unpaired) electrons. The molecule has 1 aliphatic heterocycles. The normalized spacial score (nSPS) is 16.4. The number of piperidine rings is 1. The van der Waals surface area contributed by atoms with E-state index in [2.05, 4.69) is 15.0 Å². The van der Waals surface area contributed by atoms with Crippen LogP contribution in [0.15, 0.2) is 61.2 Å². The molecule has 29 heavy (non-hydrogen) atoms. The summed E-state index contributed by atoms with van der Waals surface area (Å²) in [4.78, 5) is 28.1. The van der Waals surface area contributed by atoms with Crippen LogP contribution >= 0.6 is 0 Å². The second kappa shape index (κ2) is 8.82. The van der Waals surface area contributed by atoms with E-state index in [4.69, 9.17) is 4.74 Å². The fourth-order valence-corrected chi connectivity index (χ4v) is 3.85. The summed E-state index contributed by atoms with van der Waals surface area (Å²) < 4.78 is 5.36. The zero-order valence-corrected chi connectivity index (χ0v) is 16.5. The molecule has 1 saturated heterocycles. The second-order valence-electron chi connectivity index (χ2n) is 7.23. The van der Waals surface area contributed by atoms with Crippen LogP contribution in [-0.4, -0.2) is 46.0 Å².